The SMILES string of the molecule is CCS(=O)(=O)CCCn1ccc(C)cc1=O. The average Bonchev–Trinajstić information content (AvgIpc) is 2.21. The molecule has 0 fully saturated rings. The summed E-state index contributed by atoms with van der Waals surface area (Å²) < 4.78 is 24.0. The Balaban J connectivity index is 2.60. The Morgan fingerprint density at radius 3 is 2.62 bits per heavy atom. The molecule has 5 heteroatoms. The van der Waals surface area contributed by atoms with Gasteiger partial charge in [0.05, 0.1) is 5.75 Å². The second-order valence-electron chi connectivity index (χ2n) is 3.83. The van der Waals surface area contributed by atoms with Crippen LogP contribution >= 0.6 is 0 Å². The molecule has 1 rings (SSSR count). The maximum atomic E-state index is 11.5. The van der Waals surface area contributed by atoms with Crippen molar-refractivity contribution in [1.82, 2.24) is 4.57 Å². The molecule has 0 atom stereocenters. The van der Waals surface area contributed by atoms with Crippen LogP contribution in [-0.2, 0) is 16.4 Å². The van der Waals surface area contributed by atoms with Crippen LogP contribution in [0.5, 0.6) is 0 Å². The fourth-order valence-corrected chi connectivity index (χ4v) is 2.25. The minimum Gasteiger partial charge on any atom is -0.315 e. The van der Waals surface area contributed by atoms with E-state index in [1.807, 2.05) is 13.0 Å². The van der Waals surface area contributed by atoms with Crippen LogP contribution in [0, 0.1) is 6.92 Å². The fourth-order valence-electron chi connectivity index (χ4n) is 1.39. The Hall–Kier alpha value is -1.10. The number of hydrogen-bond acceptors (Lipinski definition) is 3. The van der Waals surface area contributed by atoms with Crippen LogP contribution in [0.4, 0.5) is 0 Å². The van der Waals surface area contributed by atoms with E-state index in [4.69, 9.17) is 0 Å². The van der Waals surface area contributed by atoms with Crippen LogP contribution in [0.1, 0.15) is 18.9 Å². The number of rotatable bonds is 5. The normalized spacial score (nSPS) is 11.6. The monoisotopic (exact) mass is 243 g/mol. The van der Waals surface area contributed by atoms with Gasteiger partial charge in [-0.05, 0) is 25.0 Å². The molecule has 0 aliphatic heterocycles. The highest BCUT2D eigenvalue weighted by molar-refractivity contribution is 7.91. The average molecular weight is 243 g/mol. The lowest BCUT2D eigenvalue weighted by atomic mass is 10.3. The van der Waals surface area contributed by atoms with Gasteiger partial charge >= 0.3 is 0 Å². The van der Waals surface area contributed by atoms with E-state index in [-0.39, 0.29) is 17.1 Å². The van der Waals surface area contributed by atoms with Crippen molar-refractivity contribution in [2.45, 2.75) is 26.8 Å². The number of pyridine rings is 1. The molecule has 0 amide bonds. The standard InChI is InChI=1S/C11H17NO3S/c1-3-16(14,15)8-4-6-12-7-5-10(2)9-11(12)13/h5,7,9H,3-4,6,8H2,1-2H3. The summed E-state index contributed by atoms with van der Waals surface area (Å²) in [6.45, 7) is 3.94. The number of hydrogen-bond donors (Lipinski definition) is 0. The van der Waals surface area contributed by atoms with Gasteiger partial charge in [-0.3, -0.25) is 4.79 Å². The lowest BCUT2D eigenvalue weighted by Gasteiger charge is -2.05. The third-order valence-electron chi connectivity index (χ3n) is 2.45. The van der Waals surface area contributed by atoms with Crippen molar-refractivity contribution in [3.63, 3.8) is 0 Å². The van der Waals surface area contributed by atoms with E-state index in [1.54, 1.807) is 19.2 Å². The zero-order chi connectivity index (χ0) is 12.2. The van der Waals surface area contributed by atoms with Crippen molar-refractivity contribution in [3.05, 3.63) is 34.2 Å². The first-order valence-corrected chi connectivity index (χ1v) is 7.14. The minimum atomic E-state index is -2.93. The molecule has 0 N–H and O–H groups in total. The molecule has 0 aliphatic carbocycles. The second kappa shape index (κ2) is 5.30. The van der Waals surface area contributed by atoms with Crippen molar-refractivity contribution in [2.75, 3.05) is 11.5 Å². The Morgan fingerprint density at radius 1 is 1.38 bits per heavy atom. The van der Waals surface area contributed by atoms with Crippen molar-refractivity contribution in [1.29, 1.82) is 0 Å². The van der Waals surface area contributed by atoms with E-state index in [0.29, 0.717) is 13.0 Å². The smallest absolute Gasteiger partial charge is 0.250 e. The highest BCUT2D eigenvalue weighted by Gasteiger charge is 2.06. The molecule has 0 unspecified atom stereocenters. The summed E-state index contributed by atoms with van der Waals surface area (Å²) in [6, 6.07) is 3.39. The van der Waals surface area contributed by atoms with E-state index in [0.717, 1.165) is 5.56 Å². The van der Waals surface area contributed by atoms with Crippen LogP contribution in [0.15, 0.2) is 23.1 Å². The summed E-state index contributed by atoms with van der Waals surface area (Å²) in [5, 5.41) is 0. The second-order valence-corrected chi connectivity index (χ2v) is 6.30. The zero-order valence-electron chi connectivity index (χ0n) is 9.64. The van der Waals surface area contributed by atoms with Gasteiger partial charge in [0.2, 0.25) is 0 Å². The van der Waals surface area contributed by atoms with E-state index >= 15 is 0 Å². The molecule has 0 saturated heterocycles. The molecule has 1 aromatic rings. The fraction of sp³-hybridized carbons (Fsp3) is 0.545. The number of aryl methyl sites for hydroxylation is 2. The summed E-state index contributed by atoms with van der Waals surface area (Å²) in [6.07, 6.45) is 2.19. The molecule has 0 aliphatic rings. The van der Waals surface area contributed by atoms with Crippen LogP contribution in [-0.4, -0.2) is 24.5 Å². The maximum Gasteiger partial charge on any atom is 0.250 e. The van der Waals surface area contributed by atoms with Crippen molar-refractivity contribution < 1.29 is 8.42 Å². The van der Waals surface area contributed by atoms with Crippen molar-refractivity contribution >= 4 is 9.84 Å². The first-order chi connectivity index (χ1) is 7.44. The Morgan fingerprint density at radius 2 is 2.06 bits per heavy atom. The third-order valence-corrected chi connectivity index (χ3v) is 4.24. The number of aromatic nitrogens is 1. The van der Waals surface area contributed by atoms with Gasteiger partial charge in [0.15, 0.2) is 0 Å². The highest BCUT2D eigenvalue weighted by atomic mass is 32.2. The lowest BCUT2D eigenvalue weighted by molar-refractivity contribution is 0.585. The zero-order valence-corrected chi connectivity index (χ0v) is 10.5. The van der Waals surface area contributed by atoms with Gasteiger partial charge < -0.3 is 4.57 Å². The predicted molar refractivity (Wildman–Crippen MR) is 64.4 cm³/mol. The molecule has 0 radical (unpaired) electrons. The number of sulfone groups is 1. The van der Waals surface area contributed by atoms with Gasteiger partial charge in [0.1, 0.15) is 9.84 Å². The van der Waals surface area contributed by atoms with E-state index in [9.17, 15) is 13.2 Å². The van der Waals surface area contributed by atoms with Gasteiger partial charge in [-0.1, -0.05) is 6.92 Å². The van der Waals surface area contributed by atoms with Crippen molar-refractivity contribution in [3.8, 4) is 0 Å². The molecule has 1 aromatic heterocycles. The first kappa shape index (κ1) is 13.0. The molecule has 90 valence electrons. The topological polar surface area (TPSA) is 56.1 Å². The third kappa shape index (κ3) is 3.81. The van der Waals surface area contributed by atoms with Crippen molar-refractivity contribution in [2.24, 2.45) is 0 Å². The number of nitrogens with zero attached hydrogens (tertiary/aromatic N) is 1. The molecule has 1 heterocycles. The quantitative estimate of drug-likeness (QED) is 0.774. The molecule has 0 saturated carbocycles. The van der Waals surface area contributed by atoms with E-state index < -0.39 is 9.84 Å². The molecule has 0 bridgehead atoms. The molecule has 0 spiro atoms. The van der Waals surface area contributed by atoms with E-state index in [2.05, 4.69) is 0 Å². The molecule has 16 heavy (non-hydrogen) atoms. The summed E-state index contributed by atoms with van der Waals surface area (Å²) in [5.74, 6) is 0.305. The summed E-state index contributed by atoms with van der Waals surface area (Å²) in [4.78, 5) is 11.5. The Kier molecular flexibility index (Phi) is 4.29. The van der Waals surface area contributed by atoms with Crippen LogP contribution in [0.2, 0.25) is 0 Å². The largest absolute Gasteiger partial charge is 0.315 e. The van der Waals surface area contributed by atoms with Gasteiger partial charge in [-0.25, -0.2) is 8.42 Å². The molecular weight excluding hydrogens is 226 g/mol. The van der Waals surface area contributed by atoms with Crippen LogP contribution in [0.3, 0.4) is 0 Å². The van der Waals surface area contributed by atoms with E-state index in [1.165, 1.54) is 4.57 Å². The maximum absolute atomic E-state index is 11.5. The van der Waals surface area contributed by atoms with Gasteiger partial charge in [-0.15, -0.1) is 0 Å². The highest BCUT2D eigenvalue weighted by Crippen LogP contribution is 1.97. The molecular formula is C11H17NO3S. The molecule has 0 aromatic carbocycles. The lowest BCUT2D eigenvalue weighted by Crippen LogP contribution is -2.20. The molecule has 4 nitrogen and oxygen atoms in total. The summed E-state index contributed by atoms with van der Waals surface area (Å²) in [5.41, 5.74) is 0.844. The van der Waals surface area contributed by atoms with Crippen LogP contribution in [0.25, 0.3) is 0 Å². The van der Waals surface area contributed by atoms with Gasteiger partial charge in [-0.2, -0.15) is 0 Å². The predicted octanol–water partition coefficient (Wildman–Crippen LogP) is 0.982. The first-order valence-electron chi connectivity index (χ1n) is 5.32. The Labute approximate surface area is 95.8 Å². The summed E-state index contributed by atoms with van der Waals surface area (Å²) >= 11 is 0. The Bertz CT molecular complexity index is 502. The van der Waals surface area contributed by atoms with Gasteiger partial charge in [0.25, 0.3) is 5.56 Å². The summed E-state index contributed by atoms with van der Waals surface area (Å²) in [7, 11) is -2.93. The minimum absolute atomic E-state index is 0.0751. The van der Waals surface area contributed by atoms with Crippen LogP contribution < -0.4 is 5.56 Å². The van der Waals surface area contributed by atoms with Gasteiger partial charge in [0, 0.05) is 24.6 Å².